The van der Waals surface area contributed by atoms with E-state index in [4.69, 9.17) is 4.74 Å². The van der Waals surface area contributed by atoms with E-state index < -0.39 is 9.84 Å². The van der Waals surface area contributed by atoms with Crippen LogP contribution in [0.2, 0.25) is 0 Å². The number of hydrogen-bond donors (Lipinski definition) is 3. The highest BCUT2D eigenvalue weighted by Crippen LogP contribution is 2.27. The number of anilines is 3. The van der Waals surface area contributed by atoms with Crippen LogP contribution >= 0.6 is 0 Å². The molecule has 2 amide bonds. The Morgan fingerprint density at radius 3 is 2.19 bits per heavy atom. The Kier molecular flexibility index (Phi) is 6.40. The molecule has 0 atom stereocenters. The molecule has 0 bridgehead atoms. The SMILES string of the molecule is COc1ccc(NC(C)=O)cc1NCC(=O)Nc1ccc(S(C)(=O)=O)cc1. The third-order valence-corrected chi connectivity index (χ3v) is 4.65. The highest BCUT2D eigenvalue weighted by molar-refractivity contribution is 7.90. The number of carbonyl (C=O) groups is 2. The first kappa shape index (κ1) is 20.2. The second-order valence-corrected chi connectivity index (χ2v) is 7.81. The van der Waals surface area contributed by atoms with E-state index in [0.29, 0.717) is 22.8 Å². The van der Waals surface area contributed by atoms with E-state index in [2.05, 4.69) is 16.0 Å². The van der Waals surface area contributed by atoms with Crippen LogP contribution < -0.4 is 20.7 Å². The molecule has 0 saturated heterocycles. The Morgan fingerprint density at radius 1 is 1.00 bits per heavy atom. The van der Waals surface area contributed by atoms with Gasteiger partial charge in [-0.1, -0.05) is 0 Å². The molecule has 9 heteroatoms. The van der Waals surface area contributed by atoms with E-state index in [1.807, 2.05) is 0 Å². The Balaban J connectivity index is 2.01. The number of nitrogens with one attached hydrogen (secondary N) is 3. The van der Waals surface area contributed by atoms with E-state index in [1.165, 1.54) is 38.3 Å². The number of rotatable bonds is 7. The maximum atomic E-state index is 12.1. The summed E-state index contributed by atoms with van der Waals surface area (Å²) in [5.74, 6) is -0.00936. The molecule has 0 unspecified atom stereocenters. The Labute approximate surface area is 157 Å². The zero-order valence-corrected chi connectivity index (χ0v) is 16.0. The number of hydrogen-bond acceptors (Lipinski definition) is 6. The molecule has 8 nitrogen and oxygen atoms in total. The van der Waals surface area contributed by atoms with Crippen molar-refractivity contribution in [2.45, 2.75) is 11.8 Å². The van der Waals surface area contributed by atoms with Crippen molar-refractivity contribution >= 4 is 38.7 Å². The van der Waals surface area contributed by atoms with Gasteiger partial charge in [0.15, 0.2) is 9.84 Å². The van der Waals surface area contributed by atoms with Crippen molar-refractivity contribution in [3.8, 4) is 5.75 Å². The van der Waals surface area contributed by atoms with Crippen LogP contribution in [0.15, 0.2) is 47.4 Å². The third kappa shape index (κ3) is 6.00. The lowest BCUT2D eigenvalue weighted by Gasteiger charge is -2.13. The van der Waals surface area contributed by atoms with E-state index in [-0.39, 0.29) is 23.3 Å². The summed E-state index contributed by atoms with van der Waals surface area (Å²) in [6.07, 6.45) is 1.12. The smallest absolute Gasteiger partial charge is 0.243 e. The van der Waals surface area contributed by atoms with Crippen LogP contribution in [0, 0.1) is 0 Å². The van der Waals surface area contributed by atoms with Crippen molar-refractivity contribution in [3.63, 3.8) is 0 Å². The van der Waals surface area contributed by atoms with Gasteiger partial charge in [-0.05, 0) is 42.5 Å². The van der Waals surface area contributed by atoms with Crippen molar-refractivity contribution in [3.05, 3.63) is 42.5 Å². The van der Waals surface area contributed by atoms with E-state index in [9.17, 15) is 18.0 Å². The monoisotopic (exact) mass is 391 g/mol. The first-order chi connectivity index (χ1) is 12.7. The second-order valence-electron chi connectivity index (χ2n) is 5.79. The number of ether oxygens (including phenoxy) is 1. The molecule has 0 spiro atoms. The molecule has 3 N–H and O–H groups in total. The lowest BCUT2D eigenvalue weighted by molar-refractivity contribution is -0.115. The summed E-state index contributed by atoms with van der Waals surface area (Å²) in [4.78, 5) is 23.5. The van der Waals surface area contributed by atoms with Gasteiger partial charge in [0.25, 0.3) is 0 Å². The topological polar surface area (TPSA) is 114 Å². The van der Waals surface area contributed by atoms with E-state index in [1.54, 1.807) is 18.2 Å². The summed E-state index contributed by atoms with van der Waals surface area (Å²) in [6, 6.07) is 10.9. The van der Waals surface area contributed by atoms with Crippen LogP contribution in [0.25, 0.3) is 0 Å². The summed E-state index contributed by atoms with van der Waals surface area (Å²) < 4.78 is 28.1. The molecule has 0 radical (unpaired) electrons. The second kappa shape index (κ2) is 8.54. The Bertz CT molecular complexity index is 940. The van der Waals surface area contributed by atoms with Crippen molar-refractivity contribution in [1.29, 1.82) is 0 Å². The van der Waals surface area contributed by atoms with E-state index >= 15 is 0 Å². The molecule has 0 aromatic heterocycles. The summed E-state index contributed by atoms with van der Waals surface area (Å²) >= 11 is 0. The predicted molar refractivity (Wildman–Crippen MR) is 104 cm³/mol. The molecule has 2 rings (SSSR count). The summed E-state index contributed by atoms with van der Waals surface area (Å²) in [5, 5.41) is 8.27. The maximum absolute atomic E-state index is 12.1. The molecular formula is C18H21N3O5S. The van der Waals surface area contributed by atoms with Gasteiger partial charge in [0.05, 0.1) is 24.2 Å². The van der Waals surface area contributed by atoms with Crippen LogP contribution in [0.4, 0.5) is 17.1 Å². The number of methoxy groups -OCH3 is 1. The minimum atomic E-state index is -3.28. The summed E-state index contributed by atoms with van der Waals surface area (Å²) in [7, 11) is -1.78. The summed E-state index contributed by atoms with van der Waals surface area (Å²) in [5.41, 5.74) is 1.60. The maximum Gasteiger partial charge on any atom is 0.243 e. The molecule has 2 aromatic carbocycles. The minimum Gasteiger partial charge on any atom is -0.495 e. The third-order valence-electron chi connectivity index (χ3n) is 3.53. The Morgan fingerprint density at radius 2 is 1.63 bits per heavy atom. The Hall–Kier alpha value is -3.07. The summed E-state index contributed by atoms with van der Waals surface area (Å²) in [6.45, 7) is 1.35. The first-order valence-corrected chi connectivity index (χ1v) is 9.87. The average Bonchev–Trinajstić information content (AvgIpc) is 2.59. The number of sulfone groups is 1. The number of amides is 2. The predicted octanol–water partition coefficient (Wildman–Crippen LogP) is 2.11. The van der Waals surface area contributed by atoms with Crippen LogP contribution in [-0.4, -0.2) is 40.1 Å². The molecule has 0 saturated carbocycles. The average molecular weight is 391 g/mol. The molecule has 27 heavy (non-hydrogen) atoms. The van der Waals surface area contributed by atoms with Crippen molar-refractivity contribution in [2.24, 2.45) is 0 Å². The molecule has 0 heterocycles. The van der Waals surface area contributed by atoms with Gasteiger partial charge in [-0.15, -0.1) is 0 Å². The molecule has 0 aliphatic carbocycles. The van der Waals surface area contributed by atoms with Crippen molar-refractivity contribution < 1.29 is 22.7 Å². The van der Waals surface area contributed by atoms with Gasteiger partial charge in [-0.2, -0.15) is 0 Å². The van der Waals surface area contributed by atoms with Crippen molar-refractivity contribution in [1.82, 2.24) is 0 Å². The fourth-order valence-electron chi connectivity index (χ4n) is 2.29. The molecule has 0 aliphatic rings. The first-order valence-electron chi connectivity index (χ1n) is 7.98. The fraction of sp³-hybridized carbons (Fsp3) is 0.222. The molecule has 2 aromatic rings. The van der Waals surface area contributed by atoms with Crippen molar-refractivity contribution in [2.75, 3.05) is 35.9 Å². The van der Waals surface area contributed by atoms with Gasteiger partial charge in [-0.3, -0.25) is 9.59 Å². The van der Waals surface area contributed by atoms with E-state index in [0.717, 1.165) is 6.26 Å². The minimum absolute atomic E-state index is 0.0479. The van der Waals surface area contributed by atoms with Gasteiger partial charge in [0.2, 0.25) is 11.8 Å². The van der Waals surface area contributed by atoms with Crippen LogP contribution in [0.5, 0.6) is 5.75 Å². The van der Waals surface area contributed by atoms with Gasteiger partial charge in [-0.25, -0.2) is 8.42 Å². The molecular weight excluding hydrogens is 370 g/mol. The van der Waals surface area contributed by atoms with Gasteiger partial charge in [0.1, 0.15) is 5.75 Å². The largest absolute Gasteiger partial charge is 0.495 e. The molecule has 0 aliphatic heterocycles. The van der Waals surface area contributed by atoms with Gasteiger partial charge < -0.3 is 20.7 Å². The zero-order chi connectivity index (χ0) is 20.0. The standard InChI is InChI=1S/C18H21N3O5S/c1-12(22)20-14-6-9-17(26-2)16(10-14)19-11-18(23)21-13-4-7-15(8-5-13)27(3,24)25/h4-10,19H,11H2,1-3H3,(H,20,22)(H,21,23). The molecule has 144 valence electrons. The highest BCUT2D eigenvalue weighted by atomic mass is 32.2. The lowest BCUT2D eigenvalue weighted by atomic mass is 10.2. The van der Waals surface area contributed by atoms with Crippen LogP contribution in [-0.2, 0) is 19.4 Å². The normalized spacial score (nSPS) is 10.8. The number of carbonyl (C=O) groups excluding carboxylic acids is 2. The van der Waals surface area contributed by atoms with Crippen LogP contribution in [0.3, 0.4) is 0 Å². The molecule has 0 fully saturated rings. The highest BCUT2D eigenvalue weighted by Gasteiger charge is 2.10. The fourth-order valence-corrected chi connectivity index (χ4v) is 2.92. The van der Waals surface area contributed by atoms with Gasteiger partial charge in [0, 0.05) is 24.6 Å². The number of benzene rings is 2. The van der Waals surface area contributed by atoms with Gasteiger partial charge >= 0.3 is 0 Å². The lowest BCUT2D eigenvalue weighted by Crippen LogP contribution is -2.22. The quantitative estimate of drug-likeness (QED) is 0.666. The zero-order valence-electron chi connectivity index (χ0n) is 15.2. The van der Waals surface area contributed by atoms with Crippen LogP contribution in [0.1, 0.15) is 6.92 Å².